The molecule has 0 saturated carbocycles. The lowest BCUT2D eigenvalue weighted by atomic mass is 9.84. The van der Waals surface area contributed by atoms with Crippen molar-refractivity contribution < 1.29 is 19.4 Å². The molecular weight excluding hydrogens is 224 g/mol. The van der Waals surface area contributed by atoms with Crippen LogP contribution in [0.5, 0.6) is 0 Å². The molecule has 2 aliphatic heterocycles. The Morgan fingerprint density at radius 1 is 1.41 bits per heavy atom. The fraction of sp³-hybridized carbons (Fsp3) is 0.818. The highest BCUT2D eigenvalue weighted by Gasteiger charge is 2.50. The summed E-state index contributed by atoms with van der Waals surface area (Å²) < 4.78 is 5.37. The smallest absolute Gasteiger partial charge is 0.410 e. The van der Waals surface area contributed by atoms with E-state index in [1.54, 1.807) is 4.90 Å². The van der Waals surface area contributed by atoms with Gasteiger partial charge in [-0.25, -0.2) is 9.59 Å². The summed E-state index contributed by atoms with van der Waals surface area (Å²) in [6.07, 6.45) is -1.51. The molecule has 0 spiro atoms. The molecule has 6 nitrogen and oxygen atoms in total. The van der Waals surface area contributed by atoms with E-state index in [-0.39, 0.29) is 23.7 Å². The monoisotopic (exact) mass is 242 g/mol. The lowest BCUT2D eigenvalue weighted by Gasteiger charge is -2.38. The summed E-state index contributed by atoms with van der Waals surface area (Å²) >= 11 is 0. The minimum Gasteiger partial charge on any atom is -0.465 e. The van der Waals surface area contributed by atoms with Crippen LogP contribution in [0.1, 0.15) is 20.8 Å². The molecule has 0 bridgehead atoms. The molecule has 2 amide bonds. The van der Waals surface area contributed by atoms with Gasteiger partial charge in [-0.1, -0.05) is 20.8 Å². The summed E-state index contributed by atoms with van der Waals surface area (Å²) in [7, 11) is 0. The summed E-state index contributed by atoms with van der Waals surface area (Å²) in [5.41, 5.74) is -0.184. The van der Waals surface area contributed by atoms with Gasteiger partial charge in [0.15, 0.2) is 0 Å². The number of cyclic esters (lactones) is 1. The van der Waals surface area contributed by atoms with Crippen molar-refractivity contribution in [1.29, 1.82) is 0 Å². The number of hydrogen-bond donors (Lipinski definition) is 1. The van der Waals surface area contributed by atoms with Crippen molar-refractivity contribution >= 4 is 12.2 Å². The third-order valence-electron chi connectivity index (χ3n) is 3.35. The fourth-order valence-electron chi connectivity index (χ4n) is 2.48. The first kappa shape index (κ1) is 12.0. The van der Waals surface area contributed by atoms with Gasteiger partial charge < -0.3 is 14.7 Å². The van der Waals surface area contributed by atoms with Crippen molar-refractivity contribution in [3.63, 3.8) is 0 Å². The van der Waals surface area contributed by atoms with Crippen LogP contribution in [0.15, 0.2) is 0 Å². The maximum atomic E-state index is 11.7. The van der Waals surface area contributed by atoms with Gasteiger partial charge in [-0.05, 0) is 0 Å². The Morgan fingerprint density at radius 2 is 2.06 bits per heavy atom. The van der Waals surface area contributed by atoms with E-state index in [2.05, 4.69) is 0 Å². The quantitative estimate of drug-likeness (QED) is 0.693. The average molecular weight is 242 g/mol. The van der Waals surface area contributed by atoms with Crippen LogP contribution in [0.25, 0.3) is 0 Å². The van der Waals surface area contributed by atoms with E-state index in [0.717, 1.165) is 0 Å². The van der Waals surface area contributed by atoms with Gasteiger partial charge in [-0.15, -0.1) is 0 Å². The lowest BCUT2D eigenvalue weighted by Crippen LogP contribution is -2.56. The Hall–Kier alpha value is -1.46. The normalized spacial score (nSPS) is 29.0. The van der Waals surface area contributed by atoms with Crippen LogP contribution in [0.2, 0.25) is 0 Å². The van der Waals surface area contributed by atoms with E-state index in [0.29, 0.717) is 19.6 Å². The standard InChI is InChI=1S/C11H18N2O4/c1-11(2,3)8-7-6-12(9(14)15)4-5-13(7)10(16)17-8/h7-8H,4-6H2,1-3H3,(H,14,15). The second kappa shape index (κ2) is 3.78. The molecule has 2 atom stereocenters. The molecule has 6 heteroatoms. The maximum Gasteiger partial charge on any atom is 0.410 e. The SMILES string of the molecule is CC(C)(C)C1OC(=O)N2CCN(C(=O)O)CC12. The Morgan fingerprint density at radius 3 is 2.59 bits per heavy atom. The third kappa shape index (κ3) is 2.03. The van der Waals surface area contributed by atoms with E-state index in [4.69, 9.17) is 9.84 Å². The number of carbonyl (C=O) groups is 2. The first-order valence-electron chi connectivity index (χ1n) is 5.76. The summed E-state index contributed by atoms with van der Waals surface area (Å²) in [5, 5.41) is 8.99. The van der Waals surface area contributed by atoms with E-state index in [1.165, 1.54) is 4.90 Å². The first-order valence-corrected chi connectivity index (χ1v) is 5.76. The molecule has 0 radical (unpaired) electrons. The minimum atomic E-state index is -0.934. The summed E-state index contributed by atoms with van der Waals surface area (Å²) in [6.45, 7) is 7.10. The Labute approximate surface area is 100 Å². The fourth-order valence-corrected chi connectivity index (χ4v) is 2.48. The van der Waals surface area contributed by atoms with Gasteiger partial charge in [0.05, 0.1) is 6.04 Å². The molecule has 1 N–H and O–H groups in total. The number of piperazine rings is 1. The number of ether oxygens (including phenoxy) is 1. The van der Waals surface area contributed by atoms with Crippen molar-refractivity contribution in [3.05, 3.63) is 0 Å². The average Bonchev–Trinajstić information content (AvgIpc) is 2.55. The second-order valence-electron chi connectivity index (χ2n) is 5.66. The highest BCUT2D eigenvalue weighted by molar-refractivity contribution is 5.72. The molecule has 96 valence electrons. The van der Waals surface area contributed by atoms with E-state index >= 15 is 0 Å². The Kier molecular flexibility index (Phi) is 2.67. The molecule has 2 rings (SSSR count). The van der Waals surface area contributed by atoms with Crippen molar-refractivity contribution in [3.8, 4) is 0 Å². The largest absolute Gasteiger partial charge is 0.465 e. The first-order chi connectivity index (χ1) is 7.80. The van der Waals surface area contributed by atoms with Gasteiger partial charge in [0.1, 0.15) is 6.10 Å². The number of rotatable bonds is 0. The summed E-state index contributed by atoms with van der Waals surface area (Å²) in [4.78, 5) is 25.6. The van der Waals surface area contributed by atoms with Crippen molar-refractivity contribution in [1.82, 2.24) is 9.80 Å². The van der Waals surface area contributed by atoms with Gasteiger partial charge in [0.2, 0.25) is 0 Å². The van der Waals surface area contributed by atoms with E-state index < -0.39 is 6.09 Å². The predicted molar refractivity (Wildman–Crippen MR) is 59.8 cm³/mol. The van der Waals surface area contributed by atoms with Gasteiger partial charge in [0, 0.05) is 25.0 Å². The topological polar surface area (TPSA) is 70.1 Å². The molecule has 2 aliphatic rings. The zero-order valence-corrected chi connectivity index (χ0v) is 10.3. The molecular formula is C11H18N2O4. The second-order valence-corrected chi connectivity index (χ2v) is 5.66. The van der Waals surface area contributed by atoms with Gasteiger partial charge in [-0.3, -0.25) is 4.90 Å². The van der Waals surface area contributed by atoms with E-state index in [9.17, 15) is 9.59 Å². The van der Waals surface area contributed by atoms with Crippen LogP contribution in [-0.2, 0) is 4.74 Å². The molecule has 0 aromatic carbocycles. The van der Waals surface area contributed by atoms with Crippen LogP contribution >= 0.6 is 0 Å². The van der Waals surface area contributed by atoms with Crippen LogP contribution in [0.3, 0.4) is 0 Å². The number of carboxylic acid groups (broad SMARTS) is 1. The molecule has 2 fully saturated rings. The molecule has 0 aromatic rings. The Balaban J connectivity index is 2.19. The van der Waals surface area contributed by atoms with Gasteiger partial charge in [0.25, 0.3) is 0 Å². The molecule has 0 aromatic heterocycles. The molecule has 2 unspecified atom stereocenters. The van der Waals surface area contributed by atoms with Crippen LogP contribution in [0.4, 0.5) is 9.59 Å². The number of hydrogen-bond acceptors (Lipinski definition) is 3. The maximum absolute atomic E-state index is 11.7. The highest BCUT2D eigenvalue weighted by atomic mass is 16.6. The van der Waals surface area contributed by atoms with Gasteiger partial charge >= 0.3 is 12.2 Å². The van der Waals surface area contributed by atoms with Crippen LogP contribution in [-0.4, -0.2) is 58.9 Å². The molecule has 17 heavy (non-hydrogen) atoms. The number of fused-ring (bicyclic) bond motifs is 1. The molecule has 0 aliphatic carbocycles. The third-order valence-corrected chi connectivity index (χ3v) is 3.35. The Bertz CT molecular complexity index is 350. The van der Waals surface area contributed by atoms with Gasteiger partial charge in [-0.2, -0.15) is 0 Å². The highest BCUT2D eigenvalue weighted by Crippen LogP contribution is 2.34. The lowest BCUT2D eigenvalue weighted by molar-refractivity contribution is 0.0368. The molecule has 2 heterocycles. The van der Waals surface area contributed by atoms with Crippen LogP contribution in [0, 0.1) is 5.41 Å². The van der Waals surface area contributed by atoms with Crippen molar-refractivity contribution in [2.75, 3.05) is 19.6 Å². The summed E-state index contributed by atoms with van der Waals surface area (Å²) in [6, 6.07) is -0.160. The van der Waals surface area contributed by atoms with Crippen molar-refractivity contribution in [2.24, 2.45) is 5.41 Å². The van der Waals surface area contributed by atoms with Crippen molar-refractivity contribution in [2.45, 2.75) is 32.9 Å². The minimum absolute atomic E-state index is 0.160. The number of amides is 2. The summed E-state index contributed by atoms with van der Waals surface area (Å²) in [5.74, 6) is 0. The molecule has 2 saturated heterocycles. The predicted octanol–water partition coefficient (Wildman–Crippen LogP) is 1.22. The number of nitrogens with zero attached hydrogens (tertiary/aromatic N) is 2. The number of carbonyl (C=O) groups excluding carboxylic acids is 1. The zero-order valence-electron chi connectivity index (χ0n) is 10.3. The zero-order chi connectivity index (χ0) is 12.8. The van der Waals surface area contributed by atoms with E-state index in [1.807, 2.05) is 20.8 Å². The van der Waals surface area contributed by atoms with Crippen LogP contribution < -0.4 is 0 Å².